The van der Waals surface area contributed by atoms with Gasteiger partial charge in [-0.2, -0.15) is 0 Å². The molecular weight excluding hydrogens is 454 g/mol. The van der Waals surface area contributed by atoms with Crippen LogP contribution in [0, 0.1) is 5.92 Å². The Morgan fingerprint density at radius 1 is 1.12 bits per heavy atom. The first-order chi connectivity index (χ1) is 16.3. The van der Waals surface area contributed by atoms with E-state index in [-0.39, 0.29) is 17.9 Å². The summed E-state index contributed by atoms with van der Waals surface area (Å²) in [6.07, 6.45) is 2.00. The summed E-state index contributed by atoms with van der Waals surface area (Å²) >= 11 is 5.97. The van der Waals surface area contributed by atoms with Gasteiger partial charge in [0.05, 0.1) is 18.4 Å². The zero-order valence-electron chi connectivity index (χ0n) is 19.0. The summed E-state index contributed by atoms with van der Waals surface area (Å²) in [5, 5.41) is 11.8. The number of likely N-dealkylation sites (tertiary alicyclic amines) is 1. The third kappa shape index (κ3) is 5.02. The Hall–Kier alpha value is -3.51. The smallest absolute Gasteiger partial charge is 0.295 e. The predicted octanol–water partition coefficient (Wildman–Crippen LogP) is 5.63. The van der Waals surface area contributed by atoms with Crippen molar-refractivity contribution in [3.8, 4) is 5.75 Å². The maximum absolute atomic E-state index is 13.1. The van der Waals surface area contributed by atoms with Gasteiger partial charge in [0.25, 0.3) is 11.7 Å². The first-order valence-electron chi connectivity index (χ1n) is 11.1. The molecule has 0 radical (unpaired) electrons. The lowest BCUT2D eigenvalue weighted by Crippen LogP contribution is -2.31. The molecule has 1 N–H and O–H groups in total. The molecule has 4 rings (SSSR count). The maximum Gasteiger partial charge on any atom is 0.295 e. The molecule has 0 aliphatic carbocycles. The average molecular weight is 480 g/mol. The molecule has 7 heteroatoms. The molecule has 1 saturated heterocycles. The highest BCUT2D eigenvalue weighted by Gasteiger charge is 2.47. The fraction of sp³-hybridized carbons (Fsp3) is 0.259. The summed E-state index contributed by atoms with van der Waals surface area (Å²) in [5.74, 6) is -0.369. The van der Waals surface area contributed by atoms with Crippen LogP contribution in [-0.2, 0) is 16.0 Å². The molecule has 2 aromatic carbocycles. The fourth-order valence-electron chi connectivity index (χ4n) is 3.91. The van der Waals surface area contributed by atoms with Crippen molar-refractivity contribution in [1.29, 1.82) is 0 Å². The number of ether oxygens (including phenoxy) is 1. The van der Waals surface area contributed by atoms with Gasteiger partial charge in [0.15, 0.2) is 0 Å². The Balaban J connectivity index is 1.68. The molecule has 1 aromatic heterocycles. The van der Waals surface area contributed by atoms with E-state index in [1.165, 1.54) is 11.2 Å². The topological polar surface area (TPSA) is 80.0 Å². The molecule has 0 bridgehead atoms. The number of hydrogen-bond acceptors (Lipinski definition) is 5. The summed E-state index contributed by atoms with van der Waals surface area (Å²) in [7, 11) is 0. The van der Waals surface area contributed by atoms with Crippen LogP contribution in [0.1, 0.15) is 36.8 Å². The van der Waals surface area contributed by atoms with Crippen LogP contribution in [-0.4, -0.2) is 34.8 Å². The molecule has 0 spiro atoms. The van der Waals surface area contributed by atoms with Crippen molar-refractivity contribution in [2.75, 3.05) is 13.2 Å². The monoisotopic (exact) mass is 479 g/mol. The lowest BCUT2D eigenvalue weighted by molar-refractivity contribution is -0.140. The molecule has 1 aliphatic rings. The van der Waals surface area contributed by atoms with Crippen LogP contribution in [0.4, 0.5) is 0 Å². The largest absolute Gasteiger partial charge is 0.507 e. The Morgan fingerprint density at radius 3 is 2.56 bits per heavy atom. The van der Waals surface area contributed by atoms with Crippen LogP contribution >= 0.6 is 11.6 Å². The zero-order valence-corrected chi connectivity index (χ0v) is 19.8. The van der Waals surface area contributed by atoms with Crippen molar-refractivity contribution >= 4 is 29.1 Å². The predicted molar refractivity (Wildman–Crippen MR) is 130 cm³/mol. The number of rotatable bonds is 8. The van der Waals surface area contributed by atoms with Crippen LogP contribution in [0.2, 0.25) is 5.02 Å². The van der Waals surface area contributed by atoms with Crippen LogP contribution in [0.5, 0.6) is 5.75 Å². The summed E-state index contributed by atoms with van der Waals surface area (Å²) in [4.78, 5) is 27.6. The minimum absolute atomic E-state index is 0.00272. The first kappa shape index (κ1) is 23.6. The number of benzene rings is 2. The zero-order chi connectivity index (χ0) is 24.2. The molecule has 1 amide bonds. The maximum atomic E-state index is 13.1. The Morgan fingerprint density at radius 2 is 1.88 bits per heavy atom. The highest BCUT2D eigenvalue weighted by atomic mass is 35.5. The van der Waals surface area contributed by atoms with E-state index in [9.17, 15) is 14.7 Å². The molecule has 1 fully saturated rings. The number of carbonyl (C=O) groups is 2. The molecule has 6 nitrogen and oxygen atoms in total. The van der Waals surface area contributed by atoms with E-state index in [0.29, 0.717) is 41.0 Å². The Kier molecular flexibility index (Phi) is 7.08. The number of aliphatic hydroxyl groups excluding tert-OH is 1. The average Bonchev–Trinajstić information content (AvgIpc) is 3.44. The van der Waals surface area contributed by atoms with E-state index in [2.05, 4.69) is 0 Å². The van der Waals surface area contributed by atoms with Gasteiger partial charge in [-0.3, -0.25) is 9.59 Å². The summed E-state index contributed by atoms with van der Waals surface area (Å²) in [5.41, 5.74) is 1.37. The highest BCUT2D eigenvalue weighted by Crippen LogP contribution is 2.40. The second-order valence-corrected chi connectivity index (χ2v) is 9.05. The van der Waals surface area contributed by atoms with Crippen LogP contribution in [0.25, 0.3) is 5.76 Å². The van der Waals surface area contributed by atoms with Crippen LogP contribution < -0.4 is 4.74 Å². The first-order valence-corrected chi connectivity index (χ1v) is 11.5. The van der Waals surface area contributed by atoms with E-state index < -0.39 is 17.7 Å². The van der Waals surface area contributed by atoms with E-state index in [1.807, 2.05) is 26.0 Å². The van der Waals surface area contributed by atoms with Crippen molar-refractivity contribution in [3.63, 3.8) is 0 Å². The number of hydrogen-bond donors (Lipinski definition) is 1. The lowest BCUT2D eigenvalue weighted by atomic mass is 9.99. The van der Waals surface area contributed by atoms with Gasteiger partial charge >= 0.3 is 0 Å². The number of aliphatic hydroxyl groups is 1. The second kappa shape index (κ2) is 10.2. The number of furan rings is 1. The number of halogens is 1. The normalized spacial score (nSPS) is 17.5. The van der Waals surface area contributed by atoms with Crippen LogP contribution in [0.15, 0.2) is 76.9 Å². The van der Waals surface area contributed by atoms with Gasteiger partial charge in [-0.15, -0.1) is 0 Å². The number of amides is 1. The third-order valence-electron chi connectivity index (χ3n) is 5.60. The van der Waals surface area contributed by atoms with E-state index >= 15 is 0 Å². The van der Waals surface area contributed by atoms with Crippen molar-refractivity contribution in [3.05, 3.63) is 94.4 Å². The molecular formula is C27H26ClNO5. The van der Waals surface area contributed by atoms with Gasteiger partial charge in [-0.05, 0) is 54.3 Å². The number of Topliss-reactive ketones (excluding diaryl/α,β-unsaturated/α-hetero) is 1. The molecule has 3 aromatic rings. The van der Waals surface area contributed by atoms with Gasteiger partial charge in [0.2, 0.25) is 0 Å². The number of carbonyl (C=O) groups excluding carboxylic acids is 2. The van der Waals surface area contributed by atoms with Gasteiger partial charge < -0.3 is 19.2 Å². The highest BCUT2D eigenvalue weighted by molar-refractivity contribution is 6.46. The number of nitrogens with zero attached hydrogens (tertiary/aromatic N) is 1. The molecule has 1 unspecified atom stereocenters. The minimum atomic E-state index is -0.831. The van der Waals surface area contributed by atoms with Crippen molar-refractivity contribution < 1.29 is 23.8 Å². The second-order valence-electron chi connectivity index (χ2n) is 8.62. The molecule has 34 heavy (non-hydrogen) atoms. The number of ketones is 1. The molecule has 1 atom stereocenters. The van der Waals surface area contributed by atoms with Crippen molar-refractivity contribution in [2.45, 2.75) is 26.3 Å². The van der Waals surface area contributed by atoms with E-state index in [4.69, 9.17) is 20.8 Å². The fourth-order valence-corrected chi connectivity index (χ4v) is 4.03. The minimum Gasteiger partial charge on any atom is -0.507 e. The van der Waals surface area contributed by atoms with Crippen molar-refractivity contribution in [2.24, 2.45) is 5.92 Å². The van der Waals surface area contributed by atoms with Crippen LogP contribution in [0.3, 0.4) is 0 Å². The Labute approximate surface area is 203 Å². The standard InChI is InChI=1S/C27H26ClNO5/c1-17(2)16-34-21-6-3-5-19(15-21)25(30)23-24(22-7-4-14-33-22)29(27(32)26(23)31)13-12-18-8-10-20(28)11-9-18/h3-11,14-15,17,24,30H,12-13,16H2,1-2H3/b25-23-. The summed E-state index contributed by atoms with van der Waals surface area (Å²) in [6.45, 7) is 4.87. The SMILES string of the molecule is CC(C)COc1cccc(/C(O)=C2/C(=O)C(=O)N(CCc3ccc(Cl)cc3)C2c2ccco2)c1. The van der Waals surface area contributed by atoms with Gasteiger partial charge in [0.1, 0.15) is 23.3 Å². The molecule has 176 valence electrons. The molecule has 0 saturated carbocycles. The van der Waals surface area contributed by atoms with Gasteiger partial charge in [-0.25, -0.2) is 0 Å². The van der Waals surface area contributed by atoms with E-state index in [0.717, 1.165) is 5.56 Å². The van der Waals surface area contributed by atoms with Crippen molar-refractivity contribution in [1.82, 2.24) is 4.90 Å². The van der Waals surface area contributed by atoms with Gasteiger partial charge in [-0.1, -0.05) is 49.7 Å². The lowest BCUT2D eigenvalue weighted by Gasteiger charge is -2.23. The van der Waals surface area contributed by atoms with Gasteiger partial charge in [0, 0.05) is 17.1 Å². The molecule has 2 heterocycles. The Bertz CT molecular complexity index is 1200. The summed E-state index contributed by atoms with van der Waals surface area (Å²) in [6, 6.07) is 16.7. The molecule has 1 aliphatic heterocycles. The summed E-state index contributed by atoms with van der Waals surface area (Å²) < 4.78 is 11.3. The van der Waals surface area contributed by atoms with E-state index in [1.54, 1.807) is 48.5 Å². The third-order valence-corrected chi connectivity index (χ3v) is 5.85. The quantitative estimate of drug-likeness (QED) is 0.257.